The molecule has 0 bridgehead atoms. The highest BCUT2D eigenvalue weighted by Crippen LogP contribution is 2.28. The maximum atomic E-state index is 11.7. The normalized spacial score (nSPS) is 13.6. The molecule has 2 rings (SSSR count). The Hall–Kier alpha value is -1.39. The van der Waals surface area contributed by atoms with Gasteiger partial charge in [0.1, 0.15) is 9.84 Å². The van der Waals surface area contributed by atoms with E-state index >= 15 is 0 Å². The molecule has 1 atom stereocenters. The highest BCUT2D eigenvalue weighted by atomic mass is 32.2. The van der Waals surface area contributed by atoms with Crippen LogP contribution in [0.15, 0.2) is 36.4 Å². The summed E-state index contributed by atoms with van der Waals surface area (Å²) in [5, 5.41) is 5.58. The molecule has 0 aliphatic heterocycles. The molecular formula is C16H21NO2S. The van der Waals surface area contributed by atoms with Gasteiger partial charge in [-0.05, 0) is 35.4 Å². The smallest absolute Gasteiger partial charge is 0.149 e. The van der Waals surface area contributed by atoms with E-state index < -0.39 is 9.84 Å². The van der Waals surface area contributed by atoms with Crippen molar-refractivity contribution >= 4 is 20.6 Å². The van der Waals surface area contributed by atoms with E-state index in [-0.39, 0.29) is 11.8 Å². The second kappa shape index (κ2) is 5.94. The Morgan fingerprint density at radius 3 is 2.50 bits per heavy atom. The van der Waals surface area contributed by atoms with Crippen molar-refractivity contribution in [2.24, 2.45) is 0 Å². The molecule has 0 aromatic heterocycles. The van der Waals surface area contributed by atoms with Gasteiger partial charge in [0.15, 0.2) is 0 Å². The zero-order chi connectivity index (χ0) is 14.8. The molecule has 2 aromatic carbocycles. The molecule has 1 N–H and O–H groups in total. The molecule has 4 heteroatoms. The predicted octanol–water partition coefficient (Wildman–Crippen LogP) is 2.84. The average Bonchev–Trinajstić information content (AvgIpc) is 2.36. The van der Waals surface area contributed by atoms with Crippen LogP contribution in [-0.2, 0) is 9.84 Å². The van der Waals surface area contributed by atoms with Crippen LogP contribution in [0.3, 0.4) is 0 Å². The van der Waals surface area contributed by atoms with Gasteiger partial charge in [0, 0.05) is 12.3 Å². The molecule has 0 heterocycles. The Bertz CT molecular complexity index is 707. The fourth-order valence-corrected chi connectivity index (χ4v) is 3.55. The molecule has 0 fully saturated rings. The summed E-state index contributed by atoms with van der Waals surface area (Å²) < 4.78 is 23.4. The van der Waals surface area contributed by atoms with Crippen LogP contribution in [0.25, 0.3) is 10.8 Å². The van der Waals surface area contributed by atoms with Crippen LogP contribution in [0, 0.1) is 6.92 Å². The molecule has 3 nitrogen and oxygen atoms in total. The molecule has 0 amide bonds. The summed E-state index contributed by atoms with van der Waals surface area (Å²) >= 11 is 0. The molecule has 1 unspecified atom stereocenters. The fraction of sp³-hybridized carbons (Fsp3) is 0.375. The van der Waals surface area contributed by atoms with Gasteiger partial charge in [0.2, 0.25) is 0 Å². The van der Waals surface area contributed by atoms with Crippen LogP contribution in [0.4, 0.5) is 0 Å². The first-order valence-electron chi connectivity index (χ1n) is 6.81. The van der Waals surface area contributed by atoms with E-state index in [4.69, 9.17) is 0 Å². The number of fused-ring (bicyclic) bond motifs is 1. The minimum Gasteiger partial charge on any atom is -0.309 e. The standard InChI is InChI=1S/C16H21NO2S/c1-4-17-15(11-20(3,18)19)16-12(2)9-10-13-7-5-6-8-14(13)16/h5-10,15,17H,4,11H2,1-3H3. The van der Waals surface area contributed by atoms with Crippen LogP contribution in [0.2, 0.25) is 0 Å². The van der Waals surface area contributed by atoms with E-state index in [1.165, 1.54) is 6.26 Å². The van der Waals surface area contributed by atoms with E-state index in [9.17, 15) is 8.42 Å². The van der Waals surface area contributed by atoms with E-state index in [2.05, 4.69) is 29.6 Å². The summed E-state index contributed by atoms with van der Waals surface area (Å²) in [7, 11) is -3.04. The van der Waals surface area contributed by atoms with Crippen LogP contribution in [0.5, 0.6) is 0 Å². The summed E-state index contributed by atoms with van der Waals surface area (Å²) in [6.45, 7) is 4.77. The summed E-state index contributed by atoms with van der Waals surface area (Å²) in [4.78, 5) is 0. The van der Waals surface area contributed by atoms with Gasteiger partial charge in [-0.1, -0.05) is 43.3 Å². The van der Waals surface area contributed by atoms with Crippen molar-refractivity contribution < 1.29 is 8.42 Å². The molecule has 20 heavy (non-hydrogen) atoms. The minimum absolute atomic E-state index is 0.121. The first kappa shape index (κ1) is 15.0. The molecule has 0 spiro atoms. The van der Waals surface area contributed by atoms with Gasteiger partial charge in [-0.3, -0.25) is 0 Å². The van der Waals surface area contributed by atoms with E-state index in [0.717, 1.165) is 28.4 Å². The number of hydrogen-bond donors (Lipinski definition) is 1. The number of hydrogen-bond acceptors (Lipinski definition) is 3. The van der Waals surface area contributed by atoms with Crippen LogP contribution in [0.1, 0.15) is 24.1 Å². The Labute approximate surface area is 120 Å². The van der Waals surface area contributed by atoms with Gasteiger partial charge in [0.25, 0.3) is 0 Å². The fourth-order valence-electron chi connectivity index (χ4n) is 2.66. The van der Waals surface area contributed by atoms with Crippen molar-refractivity contribution in [1.82, 2.24) is 5.32 Å². The SMILES string of the molecule is CCNC(CS(C)(=O)=O)c1c(C)ccc2ccccc12. The highest BCUT2D eigenvalue weighted by molar-refractivity contribution is 7.90. The topological polar surface area (TPSA) is 46.2 Å². The summed E-state index contributed by atoms with van der Waals surface area (Å²) in [5.41, 5.74) is 2.22. The lowest BCUT2D eigenvalue weighted by Crippen LogP contribution is -2.28. The Morgan fingerprint density at radius 1 is 1.15 bits per heavy atom. The summed E-state index contributed by atoms with van der Waals surface area (Å²) in [5.74, 6) is 0.121. The number of benzene rings is 2. The first-order valence-corrected chi connectivity index (χ1v) is 8.88. The monoisotopic (exact) mass is 291 g/mol. The highest BCUT2D eigenvalue weighted by Gasteiger charge is 2.20. The Morgan fingerprint density at radius 2 is 1.85 bits per heavy atom. The number of aryl methyl sites for hydroxylation is 1. The average molecular weight is 291 g/mol. The van der Waals surface area contributed by atoms with Gasteiger partial charge in [-0.2, -0.15) is 0 Å². The molecule has 0 radical (unpaired) electrons. The van der Waals surface area contributed by atoms with Crippen molar-refractivity contribution in [2.75, 3.05) is 18.6 Å². The first-order chi connectivity index (χ1) is 9.42. The van der Waals surface area contributed by atoms with Crippen molar-refractivity contribution in [2.45, 2.75) is 19.9 Å². The summed E-state index contributed by atoms with van der Waals surface area (Å²) in [6, 6.07) is 12.1. The molecular weight excluding hydrogens is 270 g/mol. The molecule has 0 saturated heterocycles. The Kier molecular flexibility index (Phi) is 4.45. The number of nitrogens with one attached hydrogen (secondary N) is 1. The second-order valence-electron chi connectivity index (χ2n) is 5.22. The largest absolute Gasteiger partial charge is 0.309 e. The van der Waals surface area contributed by atoms with Crippen molar-refractivity contribution in [3.05, 3.63) is 47.5 Å². The van der Waals surface area contributed by atoms with Crippen LogP contribution < -0.4 is 5.32 Å². The lowest BCUT2D eigenvalue weighted by Gasteiger charge is -2.21. The van der Waals surface area contributed by atoms with E-state index in [1.807, 2.05) is 26.0 Å². The van der Waals surface area contributed by atoms with Crippen molar-refractivity contribution in [3.8, 4) is 0 Å². The van der Waals surface area contributed by atoms with Gasteiger partial charge < -0.3 is 5.32 Å². The Balaban J connectivity index is 2.60. The third kappa shape index (κ3) is 3.38. The molecule has 0 aliphatic carbocycles. The van der Waals surface area contributed by atoms with Gasteiger partial charge in [-0.15, -0.1) is 0 Å². The molecule has 0 aliphatic rings. The molecule has 108 valence electrons. The van der Waals surface area contributed by atoms with Crippen LogP contribution in [-0.4, -0.2) is 27.0 Å². The summed E-state index contributed by atoms with van der Waals surface area (Å²) in [6.07, 6.45) is 1.29. The maximum absolute atomic E-state index is 11.7. The molecule has 0 saturated carbocycles. The third-order valence-corrected chi connectivity index (χ3v) is 4.40. The minimum atomic E-state index is -3.04. The van der Waals surface area contributed by atoms with E-state index in [0.29, 0.717) is 0 Å². The second-order valence-corrected chi connectivity index (χ2v) is 7.40. The lowest BCUT2D eigenvalue weighted by molar-refractivity contribution is 0.564. The quantitative estimate of drug-likeness (QED) is 0.921. The van der Waals surface area contributed by atoms with Gasteiger partial charge >= 0.3 is 0 Å². The zero-order valence-corrected chi connectivity index (χ0v) is 13.0. The van der Waals surface area contributed by atoms with Gasteiger partial charge in [-0.25, -0.2) is 8.42 Å². The van der Waals surface area contributed by atoms with E-state index in [1.54, 1.807) is 0 Å². The lowest BCUT2D eigenvalue weighted by atomic mass is 9.95. The molecule has 2 aromatic rings. The maximum Gasteiger partial charge on any atom is 0.149 e. The van der Waals surface area contributed by atoms with Gasteiger partial charge in [0.05, 0.1) is 5.75 Å². The predicted molar refractivity (Wildman–Crippen MR) is 84.8 cm³/mol. The van der Waals surface area contributed by atoms with Crippen molar-refractivity contribution in [1.29, 1.82) is 0 Å². The van der Waals surface area contributed by atoms with Crippen LogP contribution >= 0.6 is 0 Å². The van der Waals surface area contributed by atoms with Crippen molar-refractivity contribution in [3.63, 3.8) is 0 Å². The number of rotatable bonds is 5. The number of sulfone groups is 1. The zero-order valence-electron chi connectivity index (χ0n) is 12.2. The third-order valence-electron chi connectivity index (χ3n) is 3.46.